The summed E-state index contributed by atoms with van der Waals surface area (Å²) in [5.41, 5.74) is 2.01. The van der Waals surface area contributed by atoms with Crippen LogP contribution in [-0.2, 0) is 0 Å². The molecule has 0 amide bonds. The molecule has 1 fully saturated rings. The molecule has 1 saturated carbocycles. The maximum atomic E-state index is 5.74. The third kappa shape index (κ3) is 3.18. The van der Waals surface area contributed by atoms with E-state index in [0.717, 1.165) is 27.4 Å². The lowest BCUT2D eigenvalue weighted by molar-refractivity contribution is 0.242. The summed E-state index contributed by atoms with van der Waals surface area (Å²) in [4.78, 5) is 9.16. The van der Waals surface area contributed by atoms with Crippen LogP contribution < -0.4 is 4.74 Å². The molecule has 0 unspecified atom stereocenters. The van der Waals surface area contributed by atoms with E-state index in [0.29, 0.717) is 5.92 Å². The van der Waals surface area contributed by atoms with Crippen molar-refractivity contribution in [2.24, 2.45) is 0 Å². The summed E-state index contributed by atoms with van der Waals surface area (Å²) in [6.45, 7) is 4.05. The Labute approximate surface area is 127 Å². The standard InChI is InChI=1S/C16H17BrN2O/c1-10(2)20-13-5-3-4-12(8-13)14-9-15(17)19-16(18-14)11-6-7-11/h3-5,8-11H,6-7H2,1-2H3. The van der Waals surface area contributed by atoms with Gasteiger partial charge in [0, 0.05) is 11.5 Å². The monoisotopic (exact) mass is 332 g/mol. The summed E-state index contributed by atoms with van der Waals surface area (Å²) < 4.78 is 6.59. The van der Waals surface area contributed by atoms with Crippen LogP contribution in [0.25, 0.3) is 11.3 Å². The minimum absolute atomic E-state index is 0.171. The van der Waals surface area contributed by atoms with Gasteiger partial charge in [0.2, 0.25) is 0 Å². The molecule has 1 heterocycles. The van der Waals surface area contributed by atoms with Crippen LogP contribution in [0.5, 0.6) is 5.75 Å². The largest absolute Gasteiger partial charge is 0.491 e. The van der Waals surface area contributed by atoms with Gasteiger partial charge in [-0.25, -0.2) is 9.97 Å². The van der Waals surface area contributed by atoms with E-state index in [1.54, 1.807) is 0 Å². The number of rotatable bonds is 4. The van der Waals surface area contributed by atoms with Gasteiger partial charge in [-0.1, -0.05) is 12.1 Å². The molecule has 0 spiro atoms. The van der Waals surface area contributed by atoms with Crippen LogP contribution in [0.1, 0.15) is 38.4 Å². The highest BCUT2D eigenvalue weighted by Gasteiger charge is 2.27. The molecule has 0 atom stereocenters. The Bertz CT molecular complexity index is 624. The van der Waals surface area contributed by atoms with Gasteiger partial charge in [-0.15, -0.1) is 0 Å². The predicted octanol–water partition coefficient (Wildman–Crippen LogP) is 4.57. The number of aromatic nitrogens is 2. The molecular weight excluding hydrogens is 316 g/mol. The average molecular weight is 333 g/mol. The third-order valence-corrected chi connectivity index (χ3v) is 3.56. The van der Waals surface area contributed by atoms with Gasteiger partial charge in [0.1, 0.15) is 16.2 Å². The molecule has 104 valence electrons. The number of hydrogen-bond donors (Lipinski definition) is 0. The molecule has 20 heavy (non-hydrogen) atoms. The molecule has 0 aliphatic heterocycles. The quantitative estimate of drug-likeness (QED) is 0.769. The summed E-state index contributed by atoms with van der Waals surface area (Å²) in [7, 11) is 0. The van der Waals surface area contributed by atoms with Crippen molar-refractivity contribution >= 4 is 15.9 Å². The molecule has 3 rings (SSSR count). The first kappa shape index (κ1) is 13.6. The van der Waals surface area contributed by atoms with Crippen molar-refractivity contribution in [3.8, 4) is 17.0 Å². The van der Waals surface area contributed by atoms with Gasteiger partial charge in [0.05, 0.1) is 11.8 Å². The Balaban J connectivity index is 1.95. The van der Waals surface area contributed by atoms with Crippen molar-refractivity contribution in [2.75, 3.05) is 0 Å². The first-order valence-corrected chi connectivity index (χ1v) is 7.72. The summed E-state index contributed by atoms with van der Waals surface area (Å²) in [5.74, 6) is 2.37. The van der Waals surface area contributed by atoms with Gasteiger partial charge >= 0.3 is 0 Å². The lowest BCUT2D eigenvalue weighted by atomic mass is 10.1. The van der Waals surface area contributed by atoms with E-state index in [-0.39, 0.29) is 6.10 Å². The van der Waals surface area contributed by atoms with E-state index in [4.69, 9.17) is 4.74 Å². The Hall–Kier alpha value is -1.42. The van der Waals surface area contributed by atoms with E-state index in [1.807, 2.05) is 38.1 Å². The minimum atomic E-state index is 0.171. The van der Waals surface area contributed by atoms with Crippen LogP contribution in [0.15, 0.2) is 34.9 Å². The SMILES string of the molecule is CC(C)Oc1cccc(-c2cc(Br)nc(C3CC3)n2)c1. The van der Waals surface area contributed by atoms with Crippen LogP contribution in [-0.4, -0.2) is 16.1 Å². The van der Waals surface area contributed by atoms with Gasteiger partial charge in [-0.3, -0.25) is 0 Å². The van der Waals surface area contributed by atoms with E-state index in [9.17, 15) is 0 Å². The van der Waals surface area contributed by atoms with Gasteiger partial charge in [-0.05, 0) is 60.8 Å². The molecule has 1 aromatic carbocycles. The highest BCUT2D eigenvalue weighted by Crippen LogP contribution is 2.39. The summed E-state index contributed by atoms with van der Waals surface area (Å²) in [6, 6.07) is 10.0. The van der Waals surface area contributed by atoms with Gasteiger partial charge in [0.15, 0.2) is 0 Å². The summed E-state index contributed by atoms with van der Waals surface area (Å²) in [5, 5.41) is 0. The number of hydrogen-bond acceptors (Lipinski definition) is 3. The third-order valence-electron chi connectivity index (χ3n) is 3.16. The Morgan fingerprint density at radius 1 is 1.20 bits per heavy atom. The molecule has 3 nitrogen and oxygen atoms in total. The fraction of sp³-hybridized carbons (Fsp3) is 0.375. The van der Waals surface area contributed by atoms with Crippen molar-refractivity contribution < 1.29 is 4.74 Å². The summed E-state index contributed by atoms with van der Waals surface area (Å²) >= 11 is 3.48. The van der Waals surface area contributed by atoms with E-state index in [1.165, 1.54) is 12.8 Å². The molecule has 0 bridgehead atoms. The predicted molar refractivity (Wildman–Crippen MR) is 82.9 cm³/mol. The molecule has 1 aliphatic rings. The molecule has 1 aromatic heterocycles. The zero-order valence-electron chi connectivity index (χ0n) is 11.6. The van der Waals surface area contributed by atoms with E-state index >= 15 is 0 Å². The summed E-state index contributed by atoms with van der Waals surface area (Å²) in [6.07, 6.45) is 2.57. The number of ether oxygens (including phenoxy) is 1. The maximum Gasteiger partial charge on any atom is 0.133 e. The van der Waals surface area contributed by atoms with Crippen LogP contribution in [0.4, 0.5) is 0 Å². The van der Waals surface area contributed by atoms with E-state index < -0.39 is 0 Å². The zero-order valence-corrected chi connectivity index (χ0v) is 13.2. The van der Waals surface area contributed by atoms with Crippen LogP contribution in [0, 0.1) is 0 Å². The molecule has 0 N–H and O–H groups in total. The number of benzene rings is 1. The number of nitrogens with zero attached hydrogens (tertiary/aromatic N) is 2. The van der Waals surface area contributed by atoms with Crippen molar-refractivity contribution in [3.05, 3.63) is 40.8 Å². The Kier molecular flexibility index (Phi) is 3.74. The molecule has 0 saturated heterocycles. The topological polar surface area (TPSA) is 35.0 Å². The highest BCUT2D eigenvalue weighted by molar-refractivity contribution is 9.10. The normalized spacial score (nSPS) is 14.6. The van der Waals surface area contributed by atoms with Crippen LogP contribution in [0.3, 0.4) is 0 Å². The molecule has 1 aliphatic carbocycles. The highest BCUT2D eigenvalue weighted by atomic mass is 79.9. The van der Waals surface area contributed by atoms with Gasteiger partial charge < -0.3 is 4.74 Å². The fourth-order valence-electron chi connectivity index (χ4n) is 2.11. The second-order valence-electron chi connectivity index (χ2n) is 5.40. The minimum Gasteiger partial charge on any atom is -0.491 e. The Morgan fingerprint density at radius 2 is 2.00 bits per heavy atom. The zero-order chi connectivity index (χ0) is 14.1. The van der Waals surface area contributed by atoms with Gasteiger partial charge in [-0.2, -0.15) is 0 Å². The molecule has 2 aromatic rings. The fourth-order valence-corrected chi connectivity index (χ4v) is 2.51. The van der Waals surface area contributed by atoms with Crippen LogP contribution in [0.2, 0.25) is 0 Å². The smallest absolute Gasteiger partial charge is 0.133 e. The molecule has 0 radical (unpaired) electrons. The second kappa shape index (κ2) is 5.52. The van der Waals surface area contributed by atoms with Crippen LogP contribution >= 0.6 is 15.9 Å². The average Bonchev–Trinajstić information content (AvgIpc) is 3.22. The first-order chi connectivity index (χ1) is 9.61. The van der Waals surface area contributed by atoms with Crippen molar-refractivity contribution in [3.63, 3.8) is 0 Å². The second-order valence-corrected chi connectivity index (χ2v) is 6.22. The number of halogens is 1. The molecular formula is C16H17BrN2O. The first-order valence-electron chi connectivity index (χ1n) is 6.93. The lowest BCUT2D eigenvalue weighted by Gasteiger charge is -2.11. The lowest BCUT2D eigenvalue weighted by Crippen LogP contribution is -2.05. The van der Waals surface area contributed by atoms with Crippen molar-refractivity contribution in [1.29, 1.82) is 0 Å². The van der Waals surface area contributed by atoms with E-state index in [2.05, 4.69) is 32.0 Å². The Morgan fingerprint density at radius 3 is 2.70 bits per heavy atom. The maximum absolute atomic E-state index is 5.74. The van der Waals surface area contributed by atoms with Crippen molar-refractivity contribution in [1.82, 2.24) is 9.97 Å². The molecule has 4 heteroatoms. The van der Waals surface area contributed by atoms with Crippen molar-refractivity contribution in [2.45, 2.75) is 38.7 Å². The van der Waals surface area contributed by atoms with Gasteiger partial charge in [0.25, 0.3) is 0 Å².